The zero-order chi connectivity index (χ0) is 6.85. The van der Waals surface area contributed by atoms with Crippen LogP contribution in [0, 0.1) is 5.82 Å². The van der Waals surface area contributed by atoms with Gasteiger partial charge >= 0.3 is 0 Å². The van der Waals surface area contributed by atoms with E-state index in [1.54, 1.807) is 12.1 Å². The largest absolute Gasteiger partial charge is 0.399 e. The first-order valence-corrected chi connectivity index (χ1v) is 2.97. The molecule has 0 bridgehead atoms. The maximum absolute atomic E-state index is 12.5. The van der Waals surface area contributed by atoms with Crippen LogP contribution < -0.4 is 10.9 Å². The van der Waals surface area contributed by atoms with Crippen LogP contribution in [0.5, 0.6) is 0 Å². The van der Waals surface area contributed by atoms with E-state index in [0.29, 0.717) is 10.9 Å². The van der Waals surface area contributed by atoms with Gasteiger partial charge in [0.2, 0.25) is 0 Å². The van der Waals surface area contributed by atoms with Crippen molar-refractivity contribution in [2.45, 2.75) is 0 Å². The van der Waals surface area contributed by atoms with Crippen molar-refractivity contribution in [2.75, 3.05) is 5.73 Å². The monoisotopic (exact) mass is 138 g/mol. The number of anilines is 1. The predicted octanol–water partition coefficient (Wildman–Crippen LogP) is 0.202. The van der Waals surface area contributed by atoms with Crippen molar-refractivity contribution in [1.29, 1.82) is 0 Å². The van der Waals surface area contributed by atoms with Crippen molar-refractivity contribution in [3.63, 3.8) is 0 Å². The molecule has 0 aliphatic carbocycles. The molecule has 1 nitrogen and oxygen atoms in total. The van der Waals surface area contributed by atoms with Crippen LogP contribution in [0.3, 0.4) is 0 Å². The molecule has 0 heterocycles. The molecule has 0 atom stereocenters. The fraction of sp³-hybridized carbons (Fsp3) is 0. The Hall–Kier alpha value is -0.833. The number of halogens is 1. The van der Waals surface area contributed by atoms with Gasteiger partial charge in [0.05, 0.1) is 10.2 Å². The molecular weight excluding hydrogens is 133 g/mol. The molecule has 3 heteroatoms. The highest BCUT2D eigenvalue weighted by Gasteiger charge is 1.93. The van der Waals surface area contributed by atoms with Crippen molar-refractivity contribution in [3.05, 3.63) is 24.0 Å². The van der Waals surface area contributed by atoms with E-state index in [0.717, 1.165) is 0 Å². The summed E-state index contributed by atoms with van der Waals surface area (Å²) in [7, 11) is 3.05. The second-order valence-corrected chi connectivity index (χ2v) is 2.28. The molecule has 1 aromatic rings. The second kappa shape index (κ2) is 2.19. The first kappa shape index (κ1) is 6.29. The second-order valence-electron chi connectivity index (χ2n) is 1.74. The van der Waals surface area contributed by atoms with Crippen LogP contribution in [0.1, 0.15) is 0 Å². The third-order valence-electron chi connectivity index (χ3n) is 0.993. The van der Waals surface area contributed by atoms with Crippen LogP contribution in [0.2, 0.25) is 0 Å². The predicted molar refractivity (Wildman–Crippen MR) is 36.2 cm³/mol. The standard InChI is InChI=1S/C6H5FNSi/c7-5-3-4(8)1-2-6(5)9/h1-3H,8H2. The Labute approximate surface area is 56.1 Å². The number of nitrogen functional groups attached to an aromatic ring is 1. The highest BCUT2D eigenvalue weighted by atomic mass is 28.1. The summed E-state index contributed by atoms with van der Waals surface area (Å²) in [5.74, 6) is -0.327. The lowest BCUT2D eigenvalue weighted by molar-refractivity contribution is 0.637. The van der Waals surface area contributed by atoms with Crippen LogP contribution in [-0.2, 0) is 0 Å². The lowest BCUT2D eigenvalue weighted by Gasteiger charge is -1.94. The van der Waals surface area contributed by atoms with Crippen LogP contribution in [0.4, 0.5) is 10.1 Å². The summed E-state index contributed by atoms with van der Waals surface area (Å²) in [6.07, 6.45) is 0. The molecule has 1 rings (SSSR count). The Morgan fingerprint density at radius 3 is 2.56 bits per heavy atom. The van der Waals surface area contributed by atoms with E-state index in [4.69, 9.17) is 5.73 Å². The lowest BCUT2D eigenvalue weighted by atomic mass is 10.3. The number of rotatable bonds is 0. The van der Waals surface area contributed by atoms with E-state index in [9.17, 15) is 4.39 Å². The molecule has 0 aliphatic rings. The first-order valence-electron chi connectivity index (χ1n) is 2.47. The number of benzene rings is 1. The summed E-state index contributed by atoms with van der Waals surface area (Å²) in [6.45, 7) is 0. The van der Waals surface area contributed by atoms with Gasteiger partial charge in [-0.1, -0.05) is 6.07 Å². The summed E-state index contributed by atoms with van der Waals surface area (Å²) >= 11 is 0. The van der Waals surface area contributed by atoms with Gasteiger partial charge in [-0.15, -0.1) is 0 Å². The molecule has 1 aromatic carbocycles. The minimum atomic E-state index is -0.327. The van der Waals surface area contributed by atoms with Gasteiger partial charge < -0.3 is 5.73 Å². The molecule has 0 aliphatic heterocycles. The summed E-state index contributed by atoms with van der Waals surface area (Å²) in [4.78, 5) is 0. The van der Waals surface area contributed by atoms with Crippen LogP contribution in [-0.4, -0.2) is 10.2 Å². The zero-order valence-corrected chi connectivity index (χ0v) is 5.69. The van der Waals surface area contributed by atoms with Gasteiger partial charge in [0.25, 0.3) is 0 Å². The molecule has 9 heavy (non-hydrogen) atoms. The van der Waals surface area contributed by atoms with Crippen LogP contribution in [0.25, 0.3) is 0 Å². The lowest BCUT2D eigenvalue weighted by Crippen LogP contribution is -2.07. The molecule has 0 fully saturated rings. The van der Waals surface area contributed by atoms with Crippen LogP contribution >= 0.6 is 0 Å². The molecule has 0 saturated heterocycles. The SMILES string of the molecule is Nc1ccc([Si])c(F)c1. The van der Waals surface area contributed by atoms with Gasteiger partial charge in [-0.05, 0) is 17.3 Å². The molecular formula is C6H5FNSi. The van der Waals surface area contributed by atoms with Gasteiger partial charge in [0.15, 0.2) is 0 Å². The van der Waals surface area contributed by atoms with Gasteiger partial charge in [-0.3, -0.25) is 0 Å². The zero-order valence-electron chi connectivity index (χ0n) is 4.69. The molecule has 45 valence electrons. The minimum absolute atomic E-state index is 0.327. The fourth-order valence-corrected chi connectivity index (χ4v) is 0.687. The smallest absolute Gasteiger partial charge is 0.123 e. The Kier molecular flexibility index (Phi) is 1.53. The average Bonchev–Trinajstić information content (AvgIpc) is 1.80. The summed E-state index contributed by atoms with van der Waals surface area (Å²) in [6, 6.07) is 4.47. The van der Waals surface area contributed by atoms with E-state index in [-0.39, 0.29) is 5.82 Å². The molecule has 0 spiro atoms. The number of hydrogen-bond donors (Lipinski definition) is 1. The maximum Gasteiger partial charge on any atom is 0.123 e. The van der Waals surface area contributed by atoms with Crippen molar-refractivity contribution < 1.29 is 4.39 Å². The third kappa shape index (κ3) is 1.29. The summed E-state index contributed by atoms with van der Waals surface area (Å²) in [5, 5.41) is 0.434. The van der Waals surface area contributed by atoms with Crippen molar-refractivity contribution in [1.82, 2.24) is 0 Å². The number of nitrogens with two attached hydrogens (primary N) is 1. The third-order valence-corrected chi connectivity index (χ3v) is 1.40. The number of hydrogen-bond acceptors (Lipinski definition) is 1. The molecule has 2 N–H and O–H groups in total. The minimum Gasteiger partial charge on any atom is -0.399 e. The van der Waals surface area contributed by atoms with Gasteiger partial charge in [-0.25, -0.2) is 4.39 Å². The van der Waals surface area contributed by atoms with E-state index >= 15 is 0 Å². The van der Waals surface area contributed by atoms with Crippen molar-refractivity contribution in [2.24, 2.45) is 0 Å². The highest BCUT2D eigenvalue weighted by Crippen LogP contribution is 2.00. The van der Waals surface area contributed by atoms with E-state index in [1.807, 2.05) is 0 Å². The first-order chi connectivity index (χ1) is 4.20. The molecule has 3 radical (unpaired) electrons. The van der Waals surface area contributed by atoms with E-state index in [1.165, 1.54) is 6.07 Å². The Morgan fingerprint density at radius 1 is 1.44 bits per heavy atom. The molecule has 0 unspecified atom stereocenters. The topological polar surface area (TPSA) is 26.0 Å². The van der Waals surface area contributed by atoms with Crippen molar-refractivity contribution >= 4 is 21.1 Å². The van der Waals surface area contributed by atoms with Crippen molar-refractivity contribution in [3.8, 4) is 0 Å². The highest BCUT2D eigenvalue weighted by molar-refractivity contribution is 6.32. The molecule has 0 amide bonds. The van der Waals surface area contributed by atoms with E-state index < -0.39 is 0 Å². The fourth-order valence-electron chi connectivity index (χ4n) is 0.531. The van der Waals surface area contributed by atoms with Crippen LogP contribution in [0.15, 0.2) is 18.2 Å². The Balaban J connectivity index is 3.17. The van der Waals surface area contributed by atoms with E-state index in [2.05, 4.69) is 10.2 Å². The molecule has 0 aromatic heterocycles. The van der Waals surface area contributed by atoms with Gasteiger partial charge in [0.1, 0.15) is 5.82 Å². The Morgan fingerprint density at radius 2 is 2.11 bits per heavy atom. The van der Waals surface area contributed by atoms with Gasteiger partial charge in [0, 0.05) is 5.69 Å². The summed E-state index contributed by atoms with van der Waals surface area (Å²) in [5.41, 5.74) is 5.71. The summed E-state index contributed by atoms with van der Waals surface area (Å²) < 4.78 is 12.5. The molecule has 0 saturated carbocycles. The maximum atomic E-state index is 12.5. The Bertz CT molecular complexity index is 224. The normalized spacial score (nSPS) is 9.56. The quantitative estimate of drug-likeness (QED) is 0.402. The average molecular weight is 138 g/mol. The van der Waals surface area contributed by atoms with Gasteiger partial charge in [-0.2, -0.15) is 0 Å².